The molecule has 2 aromatic rings. The summed E-state index contributed by atoms with van der Waals surface area (Å²) in [5.74, 6) is -1.70. The number of hydrogen-bond acceptors (Lipinski definition) is 6. The van der Waals surface area contributed by atoms with Crippen LogP contribution in [0, 0.1) is 0 Å². The van der Waals surface area contributed by atoms with E-state index in [9.17, 15) is 18.0 Å². The number of fused-ring (bicyclic) bond motifs is 1. The minimum absolute atomic E-state index is 0.0244. The van der Waals surface area contributed by atoms with Crippen LogP contribution in [0.1, 0.15) is 30.0 Å². The number of carboxylic acid groups (broad SMARTS) is 1. The number of aromatic nitrogens is 2. The number of nitrogens with zero attached hydrogens (tertiary/aromatic N) is 4. The summed E-state index contributed by atoms with van der Waals surface area (Å²) in [7, 11) is 3.46. The SMILES string of the molecule is CC1c2ncc(COCC(=O)N(C)C)n2CCN1Cc1ccsc1.O=C(O)C(F)(F)F. The number of likely N-dealkylation sites (N-methyl/N-ethyl adjacent to an activating group) is 1. The maximum absolute atomic E-state index is 11.6. The van der Waals surface area contributed by atoms with Crippen molar-refractivity contribution in [2.24, 2.45) is 0 Å². The van der Waals surface area contributed by atoms with Gasteiger partial charge in [0.2, 0.25) is 5.91 Å². The van der Waals surface area contributed by atoms with E-state index < -0.39 is 12.1 Å². The summed E-state index contributed by atoms with van der Waals surface area (Å²) < 4.78 is 39.5. The van der Waals surface area contributed by atoms with Crippen LogP contribution in [0.15, 0.2) is 23.0 Å². The summed E-state index contributed by atoms with van der Waals surface area (Å²) in [6, 6.07) is 2.45. The molecule has 2 aromatic heterocycles. The van der Waals surface area contributed by atoms with Crippen molar-refractivity contribution in [1.29, 1.82) is 0 Å². The average Bonchev–Trinajstić information content (AvgIpc) is 3.34. The first-order valence-electron chi connectivity index (χ1n) is 9.38. The number of halogens is 3. The van der Waals surface area contributed by atoms with Crippen molar-refractivity contribution in [3.8, 4) is 0 Å². The largest absolute Gasteiger partial charge is 0.490 e. The van der Waals surface area contributed by atoms with Gasteiger partial charge in [0.05, 0.1) is 24.5 Å². The Hall–Kier alpha value is -2.44. The van der Waals surface area contributed by atoms with E-state index in [0.717, 1.165) is 31.2 Å². The van der Waals surface area contributed by atoms with Gasteiger partial charge < -0.3 is 19.3 Å². The Bertz CT molecular complexity index is 868. The summed E-state index contributed by atoms with van der Waals surface area (Å²) in [5, 5.41) is 11.4. The summed E-state index contributed by atoms with van der Waals surface area (Å²) in [6.07, 6.45) is -3.21. The maximum Gasteiger partial charge on any atom is 0.490 e. The van der Waals surface area contributed by atoms with E-state index in [0.29, 0.717) is 6.61 Å². The van der Waals surface area contributed by atoms with Gasteiger partial charge in [0, 0.05) is 33.7 Å². The van der Waals surface area contributed by atoms with Gasteiger partial charge in [-0.05, 0) is 29.3 Å². The Morgan fingerprint density at radius 3 is 2.58 bits per heavy atom. The second kappa shape index (κ2) is 10.7. The highest BCUT2D eigenvalue weighted by Gasteiger charge is 2.38. The number of rotatable bonds is 6. The molecule has 1 N–H and O–H groups in total. The Labute approximate surface area is 181 Å². The van der Waals surface area contributed by atoms with Crippen LogP contribution in [0.25, 0.3) is 0 Å². The topological polar surface area (TPSA) is 87.9 Å². The van der Waals surface area contributed by atoms with Crippen LogP contribution in [-0.2, 0) is 34.0 Å². The van der Waals surface area contributed by atoms with Crippen molar-refractivity contribution in [3.05, 3.63) is 40.1 Å². The Kier molecular flexibility index (Phi) is 8.60. The number of alkyl halides is 3. The van der Waals surface area contributed by atoms with Gasteiger partial charge in [-0.3, -0.25) is 9.69 Å². The van der Waals surface area contributed by atoms with Gasteiger partial charge in [-0.15, -0.1) is 0 Å². The first-order valence-corrected chi connectivity index (χ1v) is 10.3. The molecule has 1 atom stereocenters. The zero-order chi connectivity index (χ0) is 23.2. The molecule has 31 heavy (non-hydrogen) atoms. The van der Waals surface area contributed by atoms with Gasteiger partial charge in [-0.25, -0.2) is 9.78 Å². The lowest BCUT2D eigenvalue weighted by Gasteiger charge is -2.34. The van der Waals surface area contributed by atoms with Gasteiger partial charge in [0.15, 0.2) is 0 Å². The van der Waals surface area contributed by atoms with Gasteiger partial charge in [-0.1, -0.05) is 0 Å². The van der Waals surface area contributed by atoms with Gasteiger partial charge in [-0.2, -0.15) is 24.5 Å². The van der Waals surface area contributed by atoms with Gasteiger partial charge in [0.25, 0.3) is 0 Å². The molecule has 1 aliphatic rings. The lowest BCUT2D eigenvalue weighted by molar-refractivity contribution is -0.192. The summed E-state index contributed by atoms with van der Waals surface area (Å²) in [6.45, 7) is 5.58. The molecule has 172 valence electrons. The standard InChI is InChI=1S/C17H24N4O2S.C2HF3O2/c1-13-17-18-8-15(10-23-11-16(22)19(2)3)21(17)6-5-20(13)9-14-4-7-24-12-14;3-2(4,5)1(6)7/h4,7-8,12-13H,5-6,9-11H2,1-3H3;(H,6,7). The molecule has 0 radical (unpaired) electrons. The number of ether oxygens (including phenoxy) is 1. The number of imidazole rings is 1. The van der Waals surface area contributed by atoms with Crippen molar-refractivity contribution in [2.45, 2.75) is 38.8 Å². The van der Waals surface area contributed by atoms with Crippen molar-refractivity contribution < 1.29 is 32.6 Å². The van der Waals surface area contributed by atoms with Crippen LogP contribution in [0.2, 0.25) is 0 Å². The van der Waals surface area contributed by atoms with E-state index in [1.54, 1.807) is 25.4 Å². The molecule has 12 heteroatoms. The van der Waals surface area contributed by atoms with Crippen LogP contribution in [0.3, 0.4) is 0 Å². The molecule has 3 heterocycles. The van der Waals surface area contributed by atoms with E-state index in [1.165, 1.54) is 10.5 Å². The van der Waals surface area contributed by atoms with E-state index in [1.807, 2.05) is 6.20 Å². The molecule has 0 fully saturated rings. The minimum atomic E-state index is -5.08. The van der Waals surface area contributed by atoms with Crippen LogP contribution in [0.4, 0.5) is 13.2 Å². The van der Waals surface area contributed by atoms with Gasteiger partial charge in [0.1, 0.15) is 12.4 Å². The Balaban J connectivity index is 0.000000423. The number of carbonyl (C=O) groups is 2. The first kappa shape index (κ1) is 24.8. The lowest BCUT2D eigenvalue weighted by atomic mass is 10.2. The van der Waals surface area contributed by atoms with Crippen LogP contribution >= 0.6 is 11.3 Å². The number of carboxylic acids is 1. The summed E-state index contributed by atoms with van der Waals surface area (Å²) >= 11 is 1.74. The summed E-state index contributed by atoms with van der Waals surface area (Å²) in [5.41, 5.74) is 2.40. The number of thiophene rings is 1. The van der Waals surface area contributed by atoms with Crippen LogP contribution in [-0.4, -0.2) is 69.8 Å². The number of aliphatic carboxylic acids is 1. The average molecular weight is 462 g/mol. The molecule has 1 unspecified atom stereocenters. The third-order valence-corrected chi connectivity index (χ3v) is 5.42. The highest BCUT2D eigenvalue weighted by atomic mass is 32.1. The summed E-state index contributed by atoms with van der Waals surface area (Å²) in [4.78, 5) is 29.1. The molecule has 0 saturated heterocycles. The molecule has 0 saturated carbocycles. The van der Waals surface area contributed by atoms with E-state index in [2.05, 4.69) is 38.2 Å². The van der Waals surface area contributed by atoms with Crippen molar-refractivity contribution in [1.82, 2.24) is 19.4 Å². The molecule has 0 aliphatic carbocycles. The smallest absolute Gasteiger partial charge is 0.475 e. The Morgan fingerprint density at radius 1 is 1.35 bits per heavy atom. The van der Waals surface area contributed by atoms with Crippen molar-refractivity contribution >= 4 is 23.2 Å². The normalized spacial score (nSPS) is 16.3. The fourth-order valence-corrected chi connectivity index (χ4v) is 3.58. The fourth-order valence-electron chi connectivity index (χ4n) is 2.92. The highest BCUT2D eigenvalue weighted by molar-refractivity contribution is 7.07. The third kappa shape index (κ3) is 7.04. The number of hydrogen-bond donors (Lipinski definition) is 1. The zero-order valence-corrected chi connectivity index (χ0v) is 18.2. The Morgan fingerprint density at radius 2 is 2.03 bits per heavy atom. The predicted molar refractivity (Wildman–Crippen MR) is 107 cm³/mol. The third-order valence-electron chi connectivity index (χ3n) is 4.68. The lowest BCUT2D eigenvalue weighted by Crippen LogP contribution is -2.37. The molecule has 3 rings (SSSR count). The van der Waals surface area contributed by atoms with Gasteiger partial charge >= 0.3 is 12.1 Å². The minimum Gasteiger partial charge on any atom is -0.475 e. The second-order valence-electron chi connectivity index (χ2n) is 7.12. The molecular weight excluding hydrogens is 437 g/mol. The molecule has 0 bridgehead atoms. The number of carbonyl (C=O) groups excluding carboxylic acids is 1. The zero-order valence-electron chi connectivity index (χ0n) is 17.4. The molecule has 1 aliphatic heterocycles. The van der Waals surface area contributed by atoms with E-state index in [4.69, 9.17) is 14.6 Å². The molecule has 1 amide bonds. The van der Waals surface area contributed by atoms with Crippen LogP contribution in [0.5, 0.6) is 0 Å². The van der Waals surface area contributed by atoms with Crippen molar-refractivity contribution in [2.75, 3.05) is 27.2 Å². The predicted octanol–water partition coefficient (Wildman–Crippen LogP) is 2.76. The molecule has 8 nitrogen and oxygen atoms in total. The highest BCUT2D eigenvalue weighted by Crippen LogP contribution is 2.27. The monoisotopic (exact) mass is 462 g/mol. The maximum atomic E-state index is 11.6. The van der Waals surface area contributed by atoms with Crippen LogP contribution < -0.4 is 0 Å². The fraction of sp³-hybridized carbons (Fsp3) is 0.526. The second-order valence-corrected chi connectivity index (χ2v) is 7.90. The molecule has 0 spiro atoms. The first-order chi connectivity index (χ1) is 14.5. The molecular formula is C19H25F3N4O4S. The number of amides is 1. The van der Waals surface area contributed by atoms with E-state index in [-0.39, 0.29) is 18.6 Å². The molecule has 0 aromatic carbocycles. The quantitative estimate of drug-likeness (QED) is 0.710. The van der Waals surface area contributed by atoms with E-state index >= 15 is 0 Å². The van der Waals surface area contributed by atoms with Crippen molar-refractivity contribution in [3.63, 3.8) is 0 Å².